The van der Waals surface area contributed by atoms with Crippen LogP contribution in [0.3, 0.4) is 0 Å². The van der Waals surface area contributed by atoms with Crippen LogP contribution in [-0.2, 0) is 4.79 Å². The van der Waals surface area contributed by atoms with Crippen LogP contribution in [0.15, 0.2) is 24.4 Å². The van der Waals surface area contributed by atoms with E-state index in [1.807, 2.05) is 12.3 Å². The van der Waals surface area contributed by atoms with E-state index in [0.717, 1.165) is 5.52 Å². The Bertz CT molecular complexity index is 542. The van der Waals surface area contributed by atoms with Gasteiger partial charge in [0.25, 0.3) is 0 Å². The highest BCUT2D eigenvalue weighted by molar-refractivity contribution is 5.86. The van der Waals surface area contributed by atoms with Gasteiger partial charge in [-0.1, -0.05) is 19.1 Å². The van der Waals surface area contributed by atoms with Crippen molar-refractivity contribution in [1.82, 2.24) is 4.98 Å². The lowest BCUT2D eigenvalue weighted by atomic mass is 9.94. The first-order valence-corrected chi connectivity index (χ1v) is 5.88. The number of benzene rings is 1. The molecule has 0 aliphatic carbocycles. The van der Waals surface area contributed by atoms with Gasteiger partial charge in [-0.15, -0.1) is 0 Å². The Hall–Kier alpha value is -1.77. The Labute approximate surface area is 100 Å². The third kappa shape index (κ3) is 2.33. The molecule has 0 fully saturated rings. The monoisotopic (exact) mass is 231 g/mol. The summed E-state index contributed by atoms with van der Waals surface area (Å²) in [6.45, 7) is 4.17. The lowest BCUT2D eigenvalue weighted by Crippen LogP contribution is -1.99. The van der Waals surface area contributed by atoms with Gasteiger partial charge in [0, 0.05) is 23.5 Å². The number of carboxylic acid groups (broad SMARTS) is 1. The smallest absolute Gasteiger partial charge is 0.303 e. The molecule has 2 N–H and O–H groups in total. The van der Waals surface area contributed by atoms with Gasteiger partial charge in [-0.3, -0.25) is 4.79 Å². The minimum Gasteiger partial charge on any atom is -0.481 e. The molecule has 0 saturated carbocycles. The fourth-order valence-electron chi connectivity index (χ4n) is 2.28. The van der Waals surface area contributed by atoms with Gasteiger partial charge in [0.05, 0.1) is 0 Å². The van der Waals surface area contributed by atoms with Gasteiger partial charge in [-0.05, 0) is 36.5 Å². The van der Waals surface area contributed by atoms with Crippen molar-refractivity contribution in [2.75, 3.05) is 0 Å². The van der Waals surface area contributed by atoms with Gasteiger partial charge in [-0.25, -0.2) is 0 Å². The predicted molar refractivity (Wildman–Crippen MR) is 68.3 cm³/mol. The topological polar surface area (TPSA) is 53.1 Å². The van der Waals surface area contributed by atoms with Crippen LogP contribution >= 0.6 is 0 Å². The molecule has 1 atom stereocenters. The van der Waals surface area contributed by atoms with E-state index in [0.29, 0.717) is 6.42 Å². The maximum absolute atomic E-state index is 10.6. The van der Waals surface area contributed by atoms with Gasteiger partial charge in [0.1, 0.15) is 0 Å². The van der Waals surface area contributed by atoms with E-state index in [4.69, 9.17) is 5.11 Å². The van der Waals surface area contributed by atoms with E-state index in [1.54, 1.807) is 0 Å². The molecule has 90 valence electrons. The highest BCUT2D eigenvalue weighted by atomic mass is 16.4. The molecule has 1 unspecified atom stereocenters. The number of aliphatic carboxylic acids is 1. The van der Waals surface area contributed by atoms with Crippen LogP contribution in [-0.4, -0.2) is 16.1 Å². The molecule has 2 rings (SSSR count). The first-order chi connectivity index (χ1) is 8.09. The van der Waals surface area contributed by atoms with Crippen molar-refractivity contribution < 1.29 is 9.90 Å². The third-order valence-electron chi connectivity index (χ3n) is 3.27. The van der Waals surface area contributed by atoms with E-state index in [2.05, 4.69) is 31.0 Å². The Morgan fingerprint density at radius 2 is 2.24 bits per heavy atom. The molecule has 0 aliphatic rings. The molecule has 3 heteroatoms. The molecule has 1 aromatic carbocycles. The fourth-order valence-corrected chi connectivity index (χ4v) is 2.28. The van der Waals surface area contributed by atoms with Crippen LogP contribution in [0.1, 0.15) is 36.8 Å². The average Bonchev–Trinajstić information content (AvgIpc) is 2.71. The van der Waals surface area contributed by atoms with Crippen LogP contribution < -0.4 is 0 Å². The predicted octanol–water partition coefficient (Wildman–Crippen LogP) is 3.44. The number of carbonyl (C=O) groups is 1. The number of rotatable bonds is 4. The molecule has 0 bridgehead atoms. The zero-order valence-electron chi connectivity index (χ0n) is 10.2. The summed E-state index contributed by atoms with van der Waals surface area (Å²) in [5.74, 6) is -0.464. The van der Waals surface area contributed by atoms with E-state index in [9.17, 15) is 4.79 Å². The normalized spacial score (nSPS) is 12.8. The van der Waals surface area contributed by atoms with Crippen LogP contribution in [0.2, 0.25) is 0 Å². The summed E-state index contributed by atoms with van der Waals surface area (Å²) in [6.07, 6.45) is 2.90. The minimum atomic E-state index is -0.728. The second-order valence-corrected chi connectivity index (χ2v) is 4.57. The van der Waals surface area contributed by atoms with Gasteiger partial charge >= 0.3 is 5.97 Å². The number of hydrogen-bond donors (Lipinski definition) is 2. The molecule has 3 nitrogen and oxygen atoms in total. The molecule has 0 spiro atoms. The largest absolute Gasteiger partial charge is 0.481 e. The lowest BCUT2D eigenvalue weighted by Gasteiger charge is -2.10. The van der Waals surface area contributed by atoms with Crippen molar-refractivity contribution in [2.24, 2.45) is 0 Å². The second-order valence-electron chi connectivity index (χ2n) is 4.57. The van der Waals surface area contributed by atoms with Gasteiger partial charge in [0.2, 0.25) is 0 Å². The van der Waals surface area contributed by atoms with Crippen LogP contribution in [0, 0.1) is 6.92 Å². The molecule has 0 aliphatic heterocycles. The zero-order valence-corrected chi connectivity index (χ0v) is 10.2. The number of aromatic nitrogens is 1. The average molecular weight is 231 g/mol. The van der Waals surface area contributed by atoms with Crippen LogP contribution in [0.25, 0.3) is 10.9 Å². The molecule has 1 heterocycles. The first kappa shape index (κ1) is 11.7. The van der Waals surface area contributed by atoms with Crippen LogP contribution in [0.4, 0.5) is 0 Å². The minimum absolute atomic E-state index is 0.222. The summed E-state index contributed by atoms with van der Waals surface area (Å²) in [5, 5.41) is 9.96. The Morgan fingerprint density at radius 1 is 1.47 bits per heavy atom. The SMILES string of the molecule is Cc1cccc2[nH]cc(C(C)CCC(=O)O)c12. The highest BCUT2D eigenvalue weighted by Gasteiger charge is 2.13. The van der Waals surface area contributed by atoms with Crippen molar-refractivity contribution in [1.29, 1.82) is 0 Å². The fraction of sp³-hybridized carbons (Fsp3) is 0.357. The molecule has 0 saturated heterocycles. The van der Waals surface area contributed by atoms with Gasteiger partial charge in [-0.2, -0.15) is 0 Å². The number of aromatic amines is 1. The number of hydrogen-bond acceptors (Lipinski definition) is 1. The maximum atomic E-state index is 10.6. The summed E-state index contributed by atoms with van der Waals surface area (Å²) in [4.78, 5) is 13.8. The first-order valence-electron chi connectivity index (χ1n) is 5.88. The summed E-state index contributed by atoms with van der Waals surface area (Å²) >= 11 is 0. The maximum Gasteiger partial charge on any atom is 0.303 e. The summed E-state index contributed by atoms with van der Waals surface area (Å²) < 4.78 is 0. The standard InChI is InChI=1S/C14H17NO2/c1-9(6-7-13(16)17)11-8-15-12-5-3-4-10(2)14(11)12/h3-5,8-9,15H,6-7H2,1-2H3,(H,16,17). The molecular formula is C14H17NO2. The van der Waals surface area contributed by atoms with Crippen molar-refractivity contribution in [3.8, 4) is 0 Å². The van der Waals surface area contributed by atoms with E-state index in [1.165, 1.54) is 16.5 Å². The van der Waals surface area contributed by atoms with Crippen molar-refractivity contribution in [3.05, 3.63) is 35.5 Å². The second kappa shape index (κ2) is 4.62. The molecule has 17 heavy (non-hydrogen) atoms. The molecule has 1 aromatic heterocycles. The van der Waals surface area contributed by atoms with Crippen LogP contribution in [0.5, 0.6) is 0 Å². The van der Waals surface area contributed by atoms with Crippen molar-refractivity contribution in [3.63, 3.8) is 0 Å². The number of fused-ring (bicyclic) bond motifs is 1. The zero-order chi connectivity index (χ0) is 12.4. The van der Waals surface area contributed by atoms with Crippen molar-refractivity contribution >= 4 is 16.9 Å². The van der Waals surface area contributed by atoms with Gasteiger partial charge in [0.15, 0.2) is 0 Å². The molecule has 0 radical (unpaired) electrons. The lowest BCUT2D eigenvalue weighted by molar-refractivity contribution is -0.137. The molecule has 0 amide bonds. The number of H-pyrrole nitrogens is 1. The Kier molecular flexibility index (Phi) is 3.18. The van der Waals surface area contributed by atoms with Crippen molar-refractivity contribution in [2.45, 2.75) is 32.6 Å². The quantitative estimate of drug-likeness (QED) is 0.846. The molecular weight excluding hydrogens is 214 g/mol. The summed E-state index contributed by atoms with van der Waals surface area (Å²) in [6, 6.07) is 6.17. The third-order valence-corrected chi connectivity index (χ3v) is 3.27. The van der Waals surface area contributed by atoms with E-state index in [-0.39, 0.29) is 12.3 Å². The molecule has 2 aromatic rings. The highest BCUT2D eigenvalue weighted by Crippen LogP contribution is 2.30. The van der Waals surface area contributed by atoms with E-state index < -0.39 is 5.97 Å². The summed E-state index contributed by atoms with van der Waals surface area (Å²) in [5.41, 5.74) is 3.59. The van der Waals surface area contributed by atoms with E-state index >= 15 is 0 Å². The Balaban J connectivity index is 2.32. The summed E-state index contributed by atoms with van der Waals surface area (Å²) in [7, 11) is 0. The number of carboxylic acids is 1. The number of aryl methyl sites for hydroxylation is 1. The number of nitrogens with one attached hydrogen (secondary N) is 1. The Morgan fingerprint density at radius 3 is 2.94 bits per heavy atom. The van der Waals surface area contributed by atoms with Gasteiger partial charge < -0.3 is 10.1 Å².